The molecule has 3 aromatic rings. The first-order valence-electron chi connectivity index (χ1n) is 8.50. The molecule has 0 amide bonds. The average Bonchev–Trinajstić information content (AvgIpc) is 2.91. The van der Waals surface area contributed by atoms with Crippen LogP contribution in [0, 0.1) is 6.92 Å². The van der Waals surface area contributed by atoms with Gasteiger partial charge in [-0.1, -0.05) is 43.0 Å². The fourth-order valence-electron chi connectivity index (χ4n) is 3.23. The minimum atomic E-state index is 0.800. The minimum absolute atomic E-state index is 0.800. The maximum absolute atomic E-state index is 4.88. The van der Waals surface area contributed by atoms with E-state index in [1.165, 1.54) is 0 Å². The molecular weight excluding hydrogens is 320 g/mol. The van der Waals surface area contributed by atoms with Crippen molar-refractivity contribution >= 4 is 17.1 Å². The van der Waals surface area contributed by atoms with E-state index in [9.17, 15) is 0 Å². The lowest BCUT2D eigenvalue weighted by molar-refractivity contribution is 1.04. The van der Waals surface area contributed by atoms with Crippen molar-refractivity contribution in [2.45, 2.75) is 13.8 Å². The number of rotatable bonds is 3. The summed E-state index contributed by atoms with van der Waals surface area (Å²) in [7, 11) is 0. The molecule has 1 aliphatic rings. The number of pyridine rings is 1. The molecule has 0 saturated heterocycles. The van der Waals surface area contributed by atoms with Gasteiger partial charge in [-0.25, -0.2) is 9.97 Å². The van der Waals surface area contributed by atoms with Gasteiger partial charge in [0.2, 0.25) is 0 Å². The van der Waals surface area contributed by atoms with E-state index in [0.717, 1.165) is 51.1 Å². The molecule has 4 heteroatoms. The van der Waals surface area contributed by atoms with Gasteiger partial charge in [0, 0.05) is 11.8 Å². The van der Waals surface area contributed by atoms with E-state index in [1.807, 2.05) is 56.3 Å². The van der Waals surface area contributed by atoms with Crippen molar-refractivity contribution < 1.29 is 0 Å². The van der Waals surface area contributed by atoms with Crippen molar-refractivity contribution in [1.82, 2.24) is 14.5 Å². The Morgan fingerprint density at radius 3 is 2.73 bits per heavy atom. The topological polar surface area (TPSA) is 42.7 Å². The second-order valence-corrected chi connectivity index (χ2v) is 6.45. The summed E-state index contributed by atoms with van der Waals surface area (Å²) in [5.74, 6) is 1.69. The van der Waals surface area contributed by atoms with E-state index in [-0.39, 0.29) is 0 Å². The number of hydrogen-bond acceptors (Lipinski definition) is 3. The van der Waals surface area contributed by atoms with Gasteiger partial charge in [-0.3, -0.25) is 4.57 Å². The standard InChI is InChI=1S/C22H20N4/c1-14(2)11-12-15(3)20-16(4)24-22-17-8-5-6-9-18(17)25-21-19(26(20)22)10-7-13-23-21/h5-13H,1,3H2,2,4H3,(H,23,25)/b12-11-. The highest BCUT2D eigenvalue weighted by Crippen LogP contribution is 2.39. The molecular formula is C22H20N4. The molecule has 0 fully saturated rings. The molecule has 0 spiro atoms. The number of hydrogen-bond donors (Lipinski definition) is 1. The second-order valence-electron chi connectivity index (χ2n) is 6.45. The van der Waals surface area contributed by atoms with E-state index < -0.39 is 0 Å². The Morgan fingerprint density at radius 2 is 1.92 bits per heavy atom. The van der Waals surface area contributed by atoms with Crippen LogP contribution in [0.25, 0.3) is 22.6 Å². The van der Waals surface area contributed by atoms with Crippen LogP contribution in [-0.2, 0) is 0 Å². The molecule has 2 aromatic heterocycles. The molecule has 1 N–H and O–H groups in total. The van der Waals surface area contributed by atoms with E-state index in [0.29, 0.717) is 0 Å². The Labute approximate surface area is 153 Å². The van der Waals surface area contributed by atoms with Crippen LogP contribution in [-0.4, -0.2) is 14.5 Å². The molecule has 4 rings (SSSR count). The maximum atomic E-state index is 4.88. The van der Waals surface area contributed by atoms with E-state index >= 15 is 0 Å². The normalized spacial score (nSPS) is 11.9. The zero-order chi connectivity index (χ0) is 18.3. The first-order chi connectivity index (χ1) is 12.6. The van der Waals surface area contributed by atoms with Crippen LogP contribution >= 0.6 is 0 Å². The van der Waals surface area contributed by atoms with E-state index in [4.69, 9.17) is 4.98 Å². The van der Waals surface area contributed by atoms with Crippen LogP contribution in [0.4, 0.5) is 11.5 Å². The van der Waals surface area contributed by atoms with Gasteiger partial charge in [0.1, 0.15) is 5.82 Å². The molecule has 0 aliphatic carbocycles. The summed E-state index contributed by atoms with van der Waals surface area (Å²) >= 11 is 0. The Morgan fingerprint density at radius 1 is 1.12 bits per heavy atom. The number of nitrogens with one attached hydrogen (secondary N) is 1. The highest BCUT2D eigenvalue weighted by molar-refractivity contribution is 5.86. The van der Waals surface area contributed by atoms with Gasteiger partial charge in [-0.05, 0) is 43.7 Å². The zero-order valence-electron chi connectivity index (χ0n) is 15.0. The van der Waals surface area contributed by atoms with Crippen molar-refractivity contribution in [2.75, 3.05) is 5.32 Å². The number of fused-ring (bicyclic) bond motifs is 5. The molecule has 0 saturated carbocycles. The highest BCUT2D eigenvalue weighted by Gasteiger charge is 2.25. The highest BCUT2D eigenvalue weighted by atomic mass is 15.2. The zero-order valence-corrected chi connectivity index (χ0v) is 15.0. The number of aromatic nitrogens is 3. The van der Waals surface area contributed by atoms with Crippen LogP contribution in [0.1, 0.15) is 18.3 Å². The SMILES string of the molecule is C=C(C)/C=C\C(=C)c1c(C)nc2n1-c1cccnc1Nc1ccccc1-2. The summed E-state index contributed by atoms with van der Waals surface area (Å²) in [4.78, 5) is 9.42. The summed E-state index contributed by atoms with van der Waals surface area (Å²) in [5, 5.41) is 3.44. The quantitative estimate of drug-likeness (QED) is 0.505. The lowest BCUT2D eigenvalue weighted by atomic mass is 10.1. The molecule has 26 heavy (non-hydrogen) atoms. The number of para-hydroxylation sites is 1. The minimum Gasteiger partial charge on any atom is -0.338 e. The summed E-state index contributed by atoms with van der Waals surface area (Å²) in [5.41, 5.74) is 6.77. The van der Waals surface area contributed by atoms with E-state index in [1.54, 1.807) is 6.20 Å². The van der Waals surface area contributed by atoms with E-state index in [2.05, 4.69) is 34.1 Å². The monoisotopic (exact) mass is 340 g/mol. The predicted molar refractivity (Wildman–Crippen MR) is 108 cm³/mol. The van der Waals surface area contributed by atoms with Crippen molar-refractivity contribution in [2.24, 2.45) is 0 Å². The number of benzene rings is 1. The molecule has 1 aromatic carbocycles. The summed E-state index contributed by atoms with van der Waals surface area (Å²) in [6, 6.07) is 12.1. The van der Waals surface area contributed by atoms with Gasteiger partial charge in [-0.2, -0.15) is 0 Å². The molecule has 128 valence electrons. The molecule has 0 atom stereocenters. The van der Waals surface area contributed by atoms with Crippen LogP contribution < -0.4 is 5.32 Å². The Bertz CT molecular complexity index is 1070. The van der Waals surface area contributed by atoms with Crippen molar-refractivity contribution in [3.05, 3.63) is 84.9 Å². The maximum Gasteiger partial charge on any atom is 0.154 e. The predicted octanol–water partition coefficient (Wildman–Crippen LogP) is 5.45. The summed E-state index contributed by atoms with van der Waals surface area (Å²) < 4.78 is 2.14. The van der Waals surface area contributed by atoms with Gasteiger partial charge < -0.3 is 5.32 Å². The number of nitrogens with zero attached hydrogens (tertiary/aromatic N) is 3. The number of aryl methyl sites for hydroxylation is 1. The average molecular weight is 340 g/mol. The smallest absolute Gasteiger partial charge is 0.154 e. The number of anilines is 2. The molecule has 0 radical (unpaired) electrons. The fourth-order valence-corrected chi connectivity index (χ4v) is 3.23. The van der Waals surface area contributed by atoms with Crippen molar-refractivity contribution in [3.8, 4) is 17.1 Å². The van der Waals surface area contributed by atoms with Crippen LogP contribution in [0.15, 0.2) is 73.5 Å². The summed E-state index contributed by atoms with van der Waals surface area (Å²) in [6.45, 7) is 12.2. The molecule has 3 heterocycles. The lowest BCUT2D eigenvalue weighted by Gasteiger charge is -2.13. The third-order valence-electron chi connectivity index (χ3n) is 4.37. The second kappa shape index (κ2) is 6.15. The lowest BCUT2D eigenvalue weighted by Crippen LogP contribution is -2.03. The number of imidazole rings is 1. The Kier molecular flexibility index (Phi) is 3.81. The van der Waals surface area contributed by atoms with Gasteiger partial charge in [0.05, 0.1) is 22.8 Å². The molecule has 0 bridgehead atoms. The first-order valence-corrected chi connectivity index (χ1v) is 8.50. The van der Waals surface area contributed by atoms with Crippen molar-refractivity contribution in [1.29, 1.82) is 0 Å². The number of allylic oxidation sites excluding steroid dienone is 4. The van der Waals surface area contributed by atoms with Crippen LogP contribution in [0.5, 0.6) is 0 Å². The van der Waals surface area contributed by atoms with Crippen LogP contribution in [0.2, 0.25) is 0 Å². The van der Waals surface area contributed by atoms with Gasteiger partial charge in [0.15, 0.2) is 5.82 Å². The third-order valence-corrected chi connectivity index (χ3v) is 4.37. The molecule has 1 aliphatic heterocycles. The summed E-state index contributed by atoms with van der Waals surface area (Å²) in [6.07, 6.45) is 5.74. The molecule has 4 nitrogen and oxygen atoms in total. The first kappa shape index (κ1) is 16.1. The fraction of sp³-hybridized carbons (Fsp3) is 0.0909. The van der Waals surface area contributed by atoms with Crippen LogP contribution in [0.3, 0.4) is 0 Å². The Balaban J connectivity index is 2.03. The molecule has 0 unspecified atom stereocenters. The van der Waals surface area contributed by atoms with Gasteiger partial charge in [0.25, 0.3) is 0 Å². The third kappa shape index (κ3) is 2.56. The van der Waals surface area contributed by atoms with Gasteiger partial charge >= 0.3 is 0 Å². The van der Waals surface area contributed by atoms with Gasteiger partial charge in [-0.15, -0.1) is 0 Å². The Hall–Kier alpha value is -3.40. The van der Waals surface area contributed by atoms with Crippen molar-refractivity contribution in [3.63, 3.8) is 0 Å². The largest absolute Gasteiger partial charge is 0.338 e.